The van der Waals surface area contributed by atoms with E-state index in [1.807, 2.05) is 36.4 Å². The third-order valence-electron chi connectivity index (χ3n) is 3.74. The van der Waals surface area contributed by atoms with Crippen molar-refractivity contribution in [2.45, 2.75) is 19.5 Å². The highest BCUT2D eigenvalue weighted by atomic mass is 35.5. The molecule has 112 valence electrons. The lowest BCUT2D eigenvalue weighted by Gasteiger charge is -2.26. The standard InChI is InChI=1S/C18H23ClN2/c1-14(18(20)16-8-4-3-5-9-16)12-21(2)13-15-7-6-10-17(19)11-15/h3-11,14,18H,12-13,20H2,1-2H3. The van der Waals surface area contributed by atoms with Gasteiger partial charge < -0.3 is 10.6 Å². The monoisotopic (exact) mass is 302 g/mol. The Hall–Kier alpha value is -1.35. The number of hydrogen-bond donors (Lipinski definition) is 1. The van der Waals surface area contributed by atoms with Crippen molar-refractivity contribution in [1.29, 1.82) is 0 Å². The molecule has 0 aliphatic heterocycles. The number of nitrogens with zero attached hydrogens (tertiary/aromatic N) is 1. The molecule has 0 aliphatic carbocycles. The first-order chi connectivity index (χ1) is 10.1. The van der Waals surface area contributed by atoms with Gasteiger partial charge in [-0.2, -0.15) is 0 Å². The van der Waals surface area contributed by atoms with Crippen LogP contribution in [0, 0.1) is 5.92 Å². The molecule has 2 aromatic rings. The quantitative estimate of drug-likeness (QED) is 0.870. The first-order valence-electron chi connectivity index (χ1n) is 7.30. The SMILES string of the molecule is CC(CN(C)Cc1cccc(Cl)c1)C(N)c1ccccc1. The average Bonchev–Trinajstić information content (AvgIpc) is 2.47. The average molecular weight is 303 g/mol. The van der Waals surface area contributed by atoms with E-state index in [4.69, 9.17) is 17.3 Å². The van der Waals surface area contributed by atoms with E-state index in [2.05, 4.69) is 37.1 Å². The smallest absolute Gasteiger partial charge is 0.0409 e. The second-order valence-corrected chi connectivity index (χ2v) is 6.18. The fourth-order valence-corrected chi connectivity index (χ4v) is 2.83. The number of rotatable bonds is 6. The molecule has 2 N–H and O–H groups in total. The topological polar surface area (TPSA) is 29.3 Å². The van der Waals surface area contributed by atoms with Crippen molar-refractivity contribution in [3.8, 4) is 0 Å². The summed E-state index contributed by atoms with van der Waals surface area (Å²) in [6, 6.07) is 18.4. The van der Waals surface area contributed by atoms with Gasteiger partial charge in [0, 0.05) is 24.2 Å². The molecule has 2 atom stereocenters. The van der Waals surface area contributed by atoms with Gasteiger partial charge in [-0.3, -0.25) is 0 Å². The second-order valence-electron chi connectivity index (χ2n) is 5.74. The highest BCUT2D eigenvalue weighted by Gasteiger charge is 2.16. The molecule has 0 saturated heterocycles. The van der Waals surface area contributed by atoms with Crippen molar-refractivity contribution in [3.63, 3.8) is 0 Å². The van der Waals surface area contributed by atoms with Crippen LogP contribution in [0.2, 0.25) is 5.02 Å². The molecule has 0 fully saturated rings. The van der Waals surface area contributed by atoms with Crippen LogP contribution in [-0.2, 0) is 6.54 Å². The molecule has 2 rings (SSSR count). The molecule has 0 aliphatic rings. The molecular formula is C18H23ClN2. The summed E-state index contributed by atoms with van der Waals surface area (Å²) in [5.74, 6) is 0.386. The van der Waals surface area contributed by atoms with Crippen LogP contribution in [0.5, 0.6) is 0 Å². The Bertz CT molecular complexity index is 556. The Morgan fingerprint density at radius 2 is 1.81 bits per heavy atom. The van der Waals surface area contributed by atoms with Crippen LogP contribution in [0.25, 0.3) is 0 Å². The normalized spacial score (nSPS) is 14.1. The Morgan fingerprint density at radius 1 is 1.10 bits per heavy atom. The van der Waals surface area contributed by atoms with Crippen molar-refractivity contribution in [3.05, 3.63) is 70.7 Å². The lowest BCUT2D eigenvalue weighted by atomic mass is 9.95. The maximum absolute atomic E-state index is 6.36. The lowest BCUT2D eigenvalue weighted by Crippen LogP contribution is -2.30. The van der Waals surface area contributed by atoms with E-state index in [1.165, 1.54) is 11.1 Å². The van der Waals surface area contributed by atoms with E-state index < -0.39 is 0 Å². The minimum Gasteiger partial charge on any atom is -0.324 e. The zero-order valence-corrected chi connectivity index (χ0v) is 13.4. The van der Waals surface area contributed by atoms with E-state index in [9.17, 15) is 0 Å². The van der Waals surface area contributed by atoms with E-state index in [0.717, 1.165) is 18.1 Å². The van der Waals surface area contributed by atoms with Crippen LogP contribution in [-0.4, -0.2) is 18.5 Å². The van der Waals surface area contributed by atoms with Crippen LogP contribution in [0.4, 0.5) is 0 Å². The Balaban J connectivity index is 1.91. The minimum atomic E-state index is 0.0630. The zero-order chi connectivity index (χ0) is 15.2. The van der Waals surface area contributed by atoms with Crippen LogP contribution in [0.3, 0.4) is 0 Å². The van der Waals surface area contributed by atoms with Crippen molar-refractivity contribution in [2.24, 2.45) is 11.7 Å². The third-order valence-corrected chi connectivity index (χ3v) is 3.97. The van der Waals surface area contributed by atoms with Gasteiger partial charge in [0.15, 0.2) is 0 Å². The Labute approximate surface area is 132 Å². The van der Waals surface area contributed by atoms with E-state index >= 15 is 0 Å². The van der Waals surface area contributed by atoms with E-state index in [0.29, 0.717) is 5.92 Å². The summed E-state index contributed by atoms with van der Waals surface area (Å²) in [4.78, 5) is 2.29. The molecule has 0 saturated carbocycles. The van der Waals surface area contributed by atoms with Gasteiger partial charge in [-0.25, -0.2) is 0 Å². The van der Waals surface area contributed by atoms with E-state index in [1.54, 1.807) is 0 Å². The third kappa shape index (κ3) is 4.85. The first kappa shape index (κ1) is 16.0. The van der Waals surface area contributed by atoms with Crippen LogP contribution < -0.4 is 5.73 Å². The van der Waals surface area contributed by atoms with Crippen LogP contribution in [0.15, 0.2) is 54.6 Å². The van der Waals surface area contributed by atoms with Gasteiger partial charge >= 0.3 is 0 Å². The second kappa shape index (κ2) is 7.60. The molecule has 3 heteroatoms. The molecule has 2 aromatic carbocycles. The highest BCUT2D eigenvalue weighted by Crippen LogP contribution is 2.20. The molecule has 0 aromatic heterocycles. The van der Waals surface area contributed by atoms with Gasteiger partial charge in [0.2, 0.25) is 0 Å². The van der Waals surface area contributed by atoms with E-state index in [-0.39, 0.29) is 6.04 Å². The predicted octanol–water partition coefficient (Wildman–Crippen LogP) is 4.11. The van der Waals surface area contributed by atoms with Gasteiger partial charge in [-0.1, -0.05) is 61.0 Å². The molecule has 0 amide bonds. The Morgan fingerprint density at radius 3 is 2.48 bits per heavy atom. The molecule has 2 unspecified atom stereocenters. The van der Waals surface area contributed by atoms with Crippen molar-refractivity contribution in [1.82, 2.24) is 4.90 Å². The van der Waals surface area contributed by atoms with Crippen molar-refractivity contribution in [2.75, 3.05) is 13.6 Å². The summed E-state index contributed by atoms with van der Waals surface area (Å²) in [6.45, 7) is 4.03. The molecule has 0 spiro atoms. The predicted molar refractivity (Wildman–Crippen MR) is 90.3 cm³/mol. The largest absolute Gasteiger partial charge is 0.324 e. The highest BCUT2D eigenvalue weighted by molar-refractivity contribution is 6.30. The summed E-state index contributed by atoms with van der Waals surface area (Å²) in [5, 5.41) is 0.787. The molecular weight excluding hydrogens is 280 g/mol. The zero-order valence-electron chi connectivity index (χ0n) is 12.7. The fraction of sp³-hybridized carbons (Fsp3) is 0.333. The lowest BCUT2D eigenvalue weighted by molar-refractivity contribution is 0.258. The van der Waals surface area contributed by atoms with Gasteiger partial charge in [0.05, 0.1) is 0 Å². The van der Waals surface area contributed by atoms with Gasteiger partial charge in [0.25, 0.3) is 0 Å². The summed E-state index contributed by atoms with van der Waals surface area (Å²) in [5.41, 5.74) is 8.78. The van der Waals surface area contributed by atoms with Crippen LogP contribution in [0.1, 0.15) is 24.1 Å². The summed E-state index contributed by atoms with van der Waals surface area (Å²) in [6.07, 6.45) is 0. The number of nitrogens with two attached hydrogens (primary N) is 1. The maximum atomic E-state index is 6.36. The van der Waals surface area contributed by atoms with Gasteiger partial charge in [-0.15, -0.1) is 0 Å². The summed E-state index contributed by atoms with van der Waals surface area (Å²) in [7, 11) is 2.12. The van der Waals surface area contributed by atoms with Gasteiger partial charge in [-0.05, 0) is 36.2 Å². The molecule has 0 radical (unpaired) electrons. The summed E-state index contributed by atoms with van der Waals surface area (Å²) >= 11 is 6.03. The minimum absolute atomic E-state index is 0.0630. The first-order valence-corrected chi connectivity index (χ1v) is 7.67. The number of benzene rings is 2. The summed E-state index contributed by atoms with van der Waals surface area (Å²) < 4.78 is 0. The fourth-order valence-electron chi connectivity index (χ4n) is 2.62. The molecule has 21 heavy (non-hydrogen) atoms. The molecule has 0 bridgehead atoms. The number of halogens is 1. The van der Waals surface area contributed by atoms with Crippen molar-refractivity contribution < 1.29 is 0 Å². The number of hydrogen-bond acceptors (Lipinski definition) is 2. The van der Waals surface area contributed by atoms with Crippen molar-refractivity contribution >= 4 is 11.6 Å². The maximum Gasteiger partial charge on any atom is 0.0409 e. The molecule has 0 heterocycles. The van der Waals surface area contributed by atoms with Crippen LogP contribution >= 0.6 is 11.6 Å². The molecule has 2 nitrogen and oxygen atoms in total. The Kier molecular flexibility index (Phi) is 5.80. The van der Waals surface area contributed by atoms with Gasteiger partial charge in [0.1, 0.15) is 0 Å².